The van der Waals surface area contributed by atoms with E-state index in [4.69, 9.17) is 0 Å². The van der Waals surface area contributed by atoms with Crippen molar-refractivity contribution in [2.24, 2.45) is 0 Å². The first-order valence-corrected chi connectivity index (χ1v) is 4.19. The molecule has 0 bridgehead atoms. The number of aromatic nitrogens is 2. The van der Waals surface area contributed by atoms with E-state index in [9.17, 15) is 9.59 Å². The Balaban J connectivity index is 2.27. The van der Waals surface area contributed by atoms with Crippen LogP contribution in [0.3, 0.4) is 0 Å². The second-order valence-corrected chi connectivity index (χ2v) is 2.78. The van der Waals surface area contributed by atoms with Gasteiger partial charge in [0.2, 0.25) is 18.0 Å². The highest BCUT2D eigenvalue weighted by Gasteiger charge is 2.21. The van der Waals surface area contributed by atoms with Gasteiger partial charge in [-0.1, -0.05) is 35.5 Å². The fraction of sp³-hybridized carbons (Fsp3) is 0. The lowest BCUT2D eigenvalue weighted by Gasteiger charge is -1.95. The second kappa shape index (κ2) is 3.83. The number of carbonyl (C=O) groups is 2. The fourth-order valence-electron chi connectivity index (χ4n) is 1.09. The highest BCUT2D eigenvalue weighted by Crippen LogP contribution is 2.03. The summed E-state index contributed by atoms with van der Waals surface area (Å²) in [6.45, 7) is 0. The molecule has 0 aliphatic heterocycles. The van der Waals surface area contributed by atoms with Crippen molar-refractivity contribution >= 4 is 11.6 Å². The maximum atomic E-state index is 11.6. The summed E-state index contributed by atoms with van der Waals surface area (Å²) in [5.74, 6) is -1.63. The minimum absolute atomic E-state index is 0.219. The van der Waals surface area contributed by atoms with Crippen LogP contribution in [0, 0.1) is 0 Å². The van der Waals surface area contributed by atoms with Gasteiger partial charge < -0.3 is 4.52 Å². The van der Waals surface area contributed by atoms with Crippen LogP contribution in [0.5, 0.6) is 0 Å². The van der Waals surface area contributed by atoms with Crippen molar-refractivity contribution in [3.05, 3.63) is 48.1 Å². The molecule has 1 heterocycles. The first-order chi connectivity index (χ1) is 7.29. The van der Waals surface area contributed by atoms with Crippen LogP contribution in [0.4, 0.5) is 0 Å². The van der Waals surface area contributed by atoms with Gasteiger partial charge >= 0.3 is 0 Å². The summed E-state index contributed by atoms with van der Waals surface area (Å²) < 4.78 is 4.39. The summed E-state index contributed by atoms with van der Waals surface area (Å²) in [5.41, 5.74) is 0.312. The van der Waals surface area contributed by atoms with Crippen LogP contribution in [-0.4, -0.2) is 21.7 Å². The molecule has 0 saturated heterocycles. The molecule has 15 heavy (non-hydrogen) atoms. The largest absolute Gasteiger partial charge is 0.342 e. The Bertz CT molecular complexity index is 477. The SMILES string of the molecule is O=C(C(=O)c1ncon1)c1ccccc1. The van der Waals surface area contributed by atoms with Gasteiger partial charge in [0.1, 0.15) is 0 Å². The molecule has 0 N–H and O–H groups in total. The van der Waals surface area contributed by atoms with Crippen molar-refractivity contribution in [2.45, 2.75) is 0 Å². The first-order valence-electron chi connectivity index (χ1n) is 4.19. The molecular formula is C10H6N2O3. The van der Waals surface area contributed by atoms with Crippen molar-refractivity contribution in [2.75, 3.05) is 0 Å². The van der Waals surface area contributed by atoms with Crippen LogP contribution in [0.25, 0.3) is 0 Å². The number of nitrogens with zero attached hydrogens (tertiary/aromatic N) is 2. The van der Waals surface area contributed by atoms with E-state index in [1.165, 1.54) is 0 Å². The molecule has 1 aromatic carbocycles. The Kier molecular flexibility index (Phi) is 2.37. The monoisotopic (exact) mass is 202 g/mol. The van der Waals surface area contributed by atoms with Gasteiger partial charge in [-0.05, 0) is 0 Å². The van der Waals surface area contributed by atoms with Gasteiger partial charge in [0, 0.05) is 5.56 Å². The maximum absolute atomic E-state index is 11.6. The van der Waals surface area contributed by atoms with Crippen LogP contribution in [0.2, 0.25) is 0 Å². The third-order valence-electron chi connectivity index (χ3n) is 1.81. The van der Waals surface area contributed by atoms with Crippen molar-refractivity contribution in [3.8, 4) is 0 Å². The molecule has 0 aliphatic rings. The van der Waals surface area contributed by atoms with E-state index in [1.807, 2.05) is 0 Å². The molecule has 0 saturated carbocycles. The summed E-state index contributed by atoms with van der Waals surface area (Å²) in [7, 11) is 0. The molecule has 0 unspecified atom stereocenters. The summed E-state index contributed by atoms with van der Waals surface area (Å²) in [4.78, 5) is 26.6. The average molecular weight is 202 g/mol. The van der Waals surface area contributed by atoms with E-state index in [0.717, 1.165) is 6.39 Å². The van der Waals surface area contributed by atoms with E-state index in [2.05, 4.69) is 14.7 Å². The van der Waals surface area contributed by atoms with Gasteiger partial charge in [-0.25, -0.2) is 0 Å². The van der Waals surface area contributed by atoms with E-state index in [-0.39, 0.29) is 5.82 Å². The van der Waals surface area contributed by atoms with Crippen LogP contribution in [0.15, 0.2) is 41.2 Å². The molecule has 0 atom stereocenters. The number of hydrogen-bond acceptors (Lipinski definition) is 5. The van der Waals surface area contributed by atoms with Crippen LogP contribution < -0.4 is 0 Å². The lowest BCUT2D eigenvalue weighted by atomic mass is 10.1. The van der Waals surface area contributed by atoms with Gasteiger partial charge in [0.15, 0.2) is 0 Å². The Morgan fingerprint density at radius 1 is 1.07 bits per heavy atom. The number of Topliss-reactive ketones (excluding diaryl/α,β-unsaturated/α-hetero) is 2. The Labute approximate surface area is 84.7 Å². The Hall–Kier alpha value is -2.30. The molecule has 0 amide bonds. The molecule has 0 fully saturated rings. The molecule has 5 heteroatoms. The van der Waals surface area contributed by atoms with Gasteiger partial charge in [0.25, 0.3) is 5.78 Å². The maximum Gasteiger partial charge on any atom is 0.274 e. The topological polar surface area (TPSA) is 73.1 Å². The van der Waals surface area contributed by atoms with Gasteiger partial charge in [-0.2, -0.15) is 4.98 Å². The second-order valence-electron chi connectivity index (χ2n) is 2.78. The highest BCUT2D eigenvalue weighted by molar-refractivity contribution is 6.48. The molecule has 0 aliphatic carbocycles. The normalized spacial score (nSPS) is 9.87. The van der Waals surface area contributed by atoms with Gasteiger partial charge in [-0.15, -0.1) is 0 Å². The summed E-state index contributed by atoms with van der Waals surface area (Å²) in [6, 6.07) is 8.23. The summed E-state index contributed by atoms with van der Waals surface area (Å²) >= 11 is 0. The molecule has 5 nitrogen and oxygen atoms in total. The van der Waals surface area contributed by atoms with E-state index in [1.54, 1.807) is 30.3 Å². The smallest absolute Gasteiger partial charge is 0.274 e. The van der Waals surface area contributed by atoms with Crippen molar-refractivity contribution in [1.82, 2.24) is 10.1 Å². The van der Waals surface area contributed by atoms with Gasteiger partial charge in [0.05, 0.1) is 0 Å². The van der Waals surface area contributed by atoms with Crippen molar-refractivity contribution in [3.63, 3.8) is 0 Å². The zero-order chi connectivity index (χ0) is 10.7. The van der Waals surface area contributed by atoms with Crippen LogP contribution in [-0.2, 0) is 0 Å². The average Bonchev–Trinajstić information content (AvgIpc) is 2.82. The summed E-state index contributed by atoms with van der Waals surface area (Å²) in [6.07, 6.45) is 1.01. The third-order valence-corrected chi connectivity index (χ3v) is 1.81. The molecule has 0 spiro atoms. The Morgan fingerprint density at radius 3 is 2.40 bits per heavy atom. The highest BCUT2D eigenvalue weighted by atomic mass is 16.5. The van der Waals surface area contributed by atoms with Crippen molar-refractivity contribution in [1.29, 1.82) is 0 Å². The minimum Gasteiger partial charge on any atom is -0.342 e. The van der Waals surface area contributed by atoms with Gasteiger partial charge in [-0.3, -0.25) is 9.59 Å². The van der Waals surface area contributed by atoms with E-state index in [0.29, 0.717) is 5.56 Å². The lowest BCUT2D eigenvalue weighted by Crippen LogP contribution is -2.15. The van der Waals surface area contributed by atoms with E-state index >= 15 is 0 Å². The predicted octanol–water partition coefficient (Wildman–Crippen LogP) is 1.14. The van der Waals surface area contributed by atoms with Crippen LogP contribution >= 0.6 is 0 Å². The Morgan fingerprint density at radius 2 is 1.80 bits per heavy atom. The van der Waals surface area contributed by atoms with Crippen molar-refractivity contribution < 1.29 is 14.1 Å². The first kappa shape index (κ1) is 9.26. The quantitative estimate of drug-likeness (QED) is 0.551. The molecule has 74 valence electrons. The summed E-state index contributed by atoms with van der Waals surface area (Å²) in [5, 5.41) is 3.31. The third kappa shape index (κ3) is 1.80. The zero-order valence-corrected chi connectivity index (χ0v) is 7.58. The minimum atomic E-state index is -0.769. The molecular weight excluding hydrogens is 196 g/mol. The number of carbonyl (C=O) groups excluding carboxylic acids is 2. The molecule has 0 radical (unpaired) electrons. The number of benzene rings is 1. The predicted molar refractivity (Wildman–Crippen MR) is 49.4 cm³/mol. The molecule has 2 aromatic rings. The molecule has 2 rings (SSSR count). The number of ketones is 2. The molecule has 1 aromatic heterocycles. The van der Waals surface area contributed by atoms with E-state index < -0.39 is 11.6 Å². The fourth-order valence-corrected chi connectivity index (χ4v) is 1.09. The number of hydrogen-bond donors (Lipinski definition) is 0. The lowest BCUT2D eigenvalue weighted by molar-refractivity contribution is 0.0809. The zero-order valence-electron chi connectivity index (χ0n) is 7.58. The van der Waals surface area contributed by atoms with Crippen LogP contribution in [0.1, 0.15) is 21.0 Å². The number of rotatable bonds is 3. The standard InChI is InChI=1S/C10H6N2O3/c13-8(7-4-2-1-3-5-7)9(14)10-11-6-15-12-10/h1-6H.